The summed E-state index contributed by atoms with van der Waals surface area (Å²) in [5, 5.41) is 51.6. The standard InChI is InChI=1S/C13H18N2O5S/c16-6-8(17)9(18)10(19)11(20)13-15-14-12(21-13)7-4-2-1-3-5-7/h1-5,8-11,13,15-20H,6H2/t8-,9-,10-,11-,13-/m0/s1. The summed E-state index contributed by atoms with van der Waals surface area (Å²) >= 11 is 1.21. The maximum Gasteiger partial charge on any atom is 0.125 e. The van der Waals surface area contributed by atoms with E-state index in [4.69, 9.17) is 5.11 Å². The van der Waals surface area contributed by atoms with Gasteiger partial charge in [-0.3, -0.25) is 5.43 Å². The molecule has 6 N–H and O–H groups in total. The lowest BCUT2D eigenvalue weighted by Gasteiger charge is -2.28. The third-order valence-electron chi connectivity index (χ3n) is 3.14. The third-order valence-corrected chi connectivity index (χ3v) is 4.33. The third kappa shape index (κ3) is 3.73. The molecule has 0 saturated heterocycles. The molecule has 1 heterocycles. The van der Waals surface area contributed by atoms with Crippen LogP contribution in [-0.4, -0.2) is 67.0 Å². The quantitative estimate of drug-likeness (QED) is 0.375. The largest absolute Gasteiger partial charge is 0.394 e. The second-order valence-electron chi connectivity index (χ2n) is 4.67. The lowest BCUT2D eigenvalue weighted by atomic mass is 10.0. The Bertz CT molecular complexity index is 487. The van der Waals surface area contributed by atoms with E-state index in [1.165, 1.54) is 11.8 Å². The number of thioether (sulfide) groups is 1. The molecule has 7 nitrogen and oxygen atoms in total. The molecule has 0 saturated carbocycles. The molecular formula is C13H18N2O5S. The molecule has 0 amide bonds. The number of nitrogens with one attached hydrogen (secondary N) is 1. The van der Waals surface area contributed by atoms with Crippen molar-refractivity contribution in [2.45, 2.75) is 29.8 Å². The lowest BCUT2D eigenvalue weighted by Crippen LogP contribution is -2.51. The number of rotatable bonds is 6. The van der Waals surface area contributed by atoms with Gasteiger partial charge in [0.05, 0.1) is 6.61 Å². The van der Waals surface area contributed by atoms with E-state index in [9.17, 15) is 20.4 Å². The van der Waals surface area contributed by atoms with Crippen molar-refractivity contribution in [2.75, 3.05) is 6.61 Å². The Kier molecular flexibility index (Phi) is 5.57. The van der Waals surface area contributed by atoms with Gasteiger partial charge in [-0.1, -0.05) is 42.1 Å². The highest BCUT2D eigenvalue weighted by molar-refractivity contribution is 8.15. The van der Waals surface area contributed by atoms with Gasteiger partial charge in [0.2, 0.25) is 0 Å². The van der Waals surface area contributed by atoms with E-state index in [0.717, 1.165) is 5.56 Å². The zero-order chi connectivity index (χ0) is 15.4. The number of hydrogen-bond donors (Lipinski definition) is 6. The van der Waals surface area contributed by atoms with Crippen molar-refractivity contribution in [1.29, 1.82) is 0 Å². The van der Waals surface area contributed by atoms with Crippen LogP contribution in [-0.2, 0) is 0 Å². The first-order valence-electron chi connectivity index (χ1n) is 6.43. The van der Waals surface area contributed by atoms with Crippen LogP contribution in [0.2, 0.25) is 0 Å². The minimum Gasteiger partial charge on any atom is -0.394 e. The first-order chi connectivity index (χ1) is 10.0. The highest BCUT2D eigenvalue weighted by atomic mass is 32.2. The predicted molar refractivity (Wildman–Crippen MR) is 78.6 cm³/mol. The van der Waals surface area contributed by atoms with Crippen molar-refractivity contribution < 1.29 is 25.5 Å². The fraction of sp³-hybridized carbons (Fsp3) is 0.462. The summed E-state index contributed by atoms with van der Waals surface area (Å²) in [6, 6.07) is 9.32. The van der Waals surface area contributed by atoms with Crippen LogP contribution in [0, 0.1) is 0 Å². The molecule has 0 aliphatic carbocycles. The van der Waals surface area contributed by atoms with Gasteiger partial charge in [0.25, 0.3) is 0 Å². The Labute approximate surface area is 125 Å². The number of hydrogen-bond acceptors (Lipinski definition) is 8. The molecule has 0 radical (unpaired) electrons. The van der Waals surface area contributed by atoms with Crippen LogP contribution < -0.4 is 5.43 Å². The van der Waals surface area contributed by atoms with E-state index < -0.39 is 36.4 Å². The van der Waals surface area contributed by atoms with Gasteiger partial charge in [0, 0.05) is 5.56 Å². The van der Waals surface area contributed by atoms with Gasteiger partial charge in [-0.15, -0.1) is 0 Å². The highest BCUT2D eigenvalue weighted by Crippen LogP contribution is 2.26. The molecule has 116 valence electrons. The molecular weight excluding hydrogens is 296 g/mol. The molecule has 0 fully saturated rings. The van der Waals surface area contributed by atoms with Crippen molar-refractivity contribution in [3.05, 3.63) is 35.9 Å². The Morgan fingerprint density at radius 2 is 1.76 bits per heavy atom. The average molecular weight is 314 g/mol. The smallest absolute Gasteiger partial charge is 0.125 e. The SMILES string of the molecule is OC[C@H](O)[C@H](O)[C@H](O)[C@H](O)[C@H]1NN=C(c2ccccc2)S1. The van der Waals surface area contributed by atoms with Crippen molar-refractivity contribution in [2.24, 2.45) is 5.10 Å². The first-order valence-corrected chi connectivity index (χ1v) is 7.31. The molecule has 8 heteroatoms. The summed E-state index contributed by atoms with van der Waals surface area (Å²) < 4.78 is 0. The number of hydrazone groups is 1. The van der Waals surface area contributed by atoms with E-state index in [1.54, 1.807) is 0 Å². The fourth-order valence-corrected chi connectivity index (χ4v) is 2.90. The molecule has 0 unspecified atom stereocenters. The lowest BCUT2D eigenvalue weighted by molar-refractivity contribution is -0.116. The molecule has 0 aromatic heterocycles. The molecule has 1 aromatic rings. The van der Waals surface area contributed by atoms with Gasteiger partial charge < -0.3 is 25.5 Å². The molecule has 5 atom stereocenters. The van der Waals surface area contributed by atoms with Crippen LogP contribution in [0.25, 0.3) is 0 Å². The number of benzene rings is 1. The minimum atomic E-state index is -1.65. The van der Waals surface area contributed by atoms with E-state index in [-0.39, 0.29) is 0 Å². The monoisotopic (exact) mass is 314 g/mol. The van der Waals surface area contributed by atoms with Gasteiger partial charge in [-0.25, -0.2) is 0 Å². The maximum absolute atomic E-state index is 10.0. The molecule has 1 aromatic carbocycles. The van der Waals surface area contributed by atoms with Crippen LogP contribution in [0.3, 0.4) is 0 Å². The summed E-state index contributed by atoms with van der Waals surface area (Å²) in [7, 11) is 0. The Hall–Kier alpha value is -1.16. The molecule has 0 bridgehead atoms. The van der Waals surface area contributed by atoms with Crippen molar-refractivity contribution >= 4 is 16.8 Å². The Balaban J connectivity index is 1.96. The van der Waals surface area contributed by atoms with E-state index in [2.05, 4.69) is 10.5 Å². The zero-order valence-corrected chi connectivity index (χ0v) is 11.9. The van der Waals surface area contributed by atoms with Crippen LogP contribution in [0.5, 0.6) is 0 Å². The summed E-state index contributed by atoms with van der Waals surface area (Å²) in [6.07, 6.45) is -6.14. The first kappa shape index (κ1) is 16.2. The Morgan fingerprint density at radius 3 is 2.38 bits per heavy atom. The molecule has 2 rings (SSSR count). The average Bonchev–Trinajstić information content (AvgIpc) is 3.02. The Morgan fingerprint density at radius 1 is 1.10 bits per heavy atom. The van der Waals surface area contributed by atoms with Crippen molar-refractivity contribution in [1.82, 2.24) is 5.43 Å². The number of aliphatic hydroxyl groups is 5. The van der Waals surface area contributed by atoms with Crippen LogP contribution >= 0.6 is 11.8 Å². The molecule has 0 spiro atoms. The van der Waals surface area contributed by atoms with Crippen LogP contribution in [0.1, 0.15) is 5.56 Å². The van der Waals surface area contributed by atoms with Crippen molar-refractivity contribution in [3.8, 4) is 0 Å². The summed E-state index contributed by atoms with van der Waals surface area (Å²) in [5.41, 5.74) is 3.55. The maximum atomic E-state index is 10.0. The van der Waals surface area contributed by atoms with E-state index in [0.29, 0.717) is 5.04 Å². The van der Waals surface area contributed by atoms with Gasteiger partial charge in [-0.2, -0.15) is 5.10 Å². The van der Waals surface area contributed by atoms with Gasteiger partial charge in [-0.05, 0) is 0 Å². The van der Waals surface area contributed by atoms with Gasteiger partial charge in [0.1, 0.15) is 34.8 Å². The molecule has 21 heavy (non-hydrogen) atoms. The zero-order valence-electron chi connectivity index (χ0n) is 11.1. The summed E-state index contributed by atoms with van der Waals surface area (Å²) in [4.78, 5) is 0. The van der Waals surface area contributed by atoms with Crippen LogP contribution in [0.15, 0.2) is 35.4 Å². The number of nitrogens with zero attached hydrogens (tertiary/aromatic N) is 1. The summed E-state index contributed by atoms with van der Waals surface area (Å²) in [5.74, 6) is 0. The van der Waals surface area contributed by atoms with Gasteiger partial charge in [0.15, 0.2) is 0 Å². The van der Waals surface area contributed by atoms with E-state index in [1.807, 2.05) is 30.3 Å². The second kappa shape index (κ2) is 7.21. The number of aliphatic hydroxyl groups excluding tert-OH is 5. The fourth-order valence-electron chi connectivity index (χ4n) is 1.87. The molecule has 1 aliphatic rings. The van der Waals surface area contributed by atoms with Crippen molar-refractivity contribution in [3.63, 3.8) is 0 Å². The normalized spacial score (nSPS) is 23.9. The second-order valence-corrected chi connectivity index (χ2v) is 5.80. The van der Waals surface area contributed by atoms with Crippen LogP contribution in [0.4, 0.5) is 0 Å². The van der Waals surface area contributed by atoms with Gasteiger partial charge >= 0.3 is 0 Å². The topological polar surface area (TPSA) is 126 Å². The highest BCUT2D eigenvalue weighted by Gasteiger charge is 2.37. The summed E-state index contributed by atoms with van der Waals surface area (Å²) in [6.45, 7) is -0.706. The van der Waals surface area contributed by atoms with E-state index >= 15 is 0 Å². The molecule has 1 aliphatic heterocycles. The minimum absolute atomic E-state index is 0.657. The predicted octanol–water partition coefficient (Wildman–Crippen LogP) is -1.55.